The molecule has 1 aliphatic rings. The molecular formula is C14H12BrNO2S. The van der Waals surface area contributed by atoms with Crippen LogP contribution in [0.15, 0.2) is 40.2 Å². The Hall–Kier alpha value is -1.17. The summed E-state index contributed by atoms with van der Waals surface area (Å²) >= 11 is 4.73. The molecule has 1 aliphatic carbocycles. The maximum atomic E-state index is 12.2. The van der Waals surface area contributed by atoms with Gasteiger partial charge < -0.3 is 10.4 Å². The highest BCUT2D eigenvalue weighted by atomic mass is 79.9. The van der Waals surface area contributed by atoms with Crippen LogP contribution in [0.25, 0.3) is 0 Å². The fourth-order valence-electron chi connectivity index (χ4n) is 2.41. The van der Waals surface area contributed by atoms with Gasteiger partial charge in [0.15, 0.2) is 0 Å². The second-order valence-electron chi connectivity index (χ2n) is 4.52. The second-order valence-corrected chi connectivity index (χ2v) is 6.29. The molecule has 5 heteroatoms. The Morgan fingerprint density at radius 1 is 1.37 bits per heavy atom. The van der Waals surface area contributed by atoms with Gasteiger partial charge in [0.05, 0.1) is 12.1 Å². The number of rotatable bonds is 2. The first-order valence-electron chi connectivity index (χ1n) is 5.96. The molecule has 1 amide bonds. The summed E-state index contributed by atoms with van der Waals surface area (Å²) in [5, 5.41) is 14.9. The summed E-state index contributed by atoms with van der Waals surface area (Å²) in [5.74, 6) is -0.150. The van der Waals surface area contributed by atoms with Crippen LogP contribution in [0, 0.1) is 0 Å². The molecule has 0 fully saturated rings. The van der Waals surface area contributed by atoms with Gasteiger partial charge in [-0.05, 0) is 38.5 Å². The van der Waals surface area contributed by atoms with Gasteiger partial charge in [0.2, 0.25) is 0 Å². The molecule has 98 valence electrons. The van der Waals surface area contributed by atoms with Crippen LogP contribution in [0.2, 0.25) is 0 Å². The Bertz CT molecular complexity index is 625. The quantitative estimate of drug-likeness (QED) is 0.885. The molecule has 1 aromatic carbocycles. The van der Waals surface area contributed by atoms with Crippen molar-refractivity contribution in [3.8, 4) is 0 Å². The van der Waals surface area contributed by atoms with Gasteiger partial charge in [0.1, 0.15) is 4.88 Å². The number of hydrogen-bond donors (Lipinski definition) is 2. The monoisotopic (exact) mass is 337 g/mol. The molecule has 2 aromatic rings. The summed E-state index contributed by atoms with van der Waals surface area (Å²) in [6.07, 6.45) is 0.0345. The lowest BCUT2D eigenvalue weighted by Crippen LogP contribution is -2.33. The zero-order chi connectivity index (χ0) is 13.4. The van der Waals surface area contributed by atoms with E-state index in [1.54, 1.807) is 0 Å². The minimum atomic E-state index is -0.555. The summed E-state index contributed by atoms with van der Waals surface area (Å²) in [6, 6.07) is 9.35. The molecular weight excluding hydrogens is 326 g/mol. The lowest BCUT2D eigenvalue weighted by Gasteiger charge is -2.17. The van der Waals surface area contributed by atoms with Crippen LogP contribution < -0.4 is 5.32 Å². The first-order valence-corrected chi connectivity index (χ1v) is 7.64. The molecule has 0 aliphatic heterocycles. The molecule has 19 heavy (non-hydrogen) atoms. The Kier molecular flexibility index (Phi) is 3.43. The highest BCUT2D eigenvalue weighted by molar-refractivity contribution is 9.10. The zero-order valence-electron chi connectivity index (χ0n) is 9.97. The van der Waals surface area contributed by atoms with E-state index in [4.69, 9.17) is 0 Å². The van der Waals surface area contributed by atoms with Crippen LogP contribution >= 0.6 is 27.3 Å². The summed E-state index contributed by atoms with van der Waals surface area (Å²) in [7, 11) is 0. The molecule has 3 rings (SSSR count). The molecule has 0 unspecified atom stereocenters. The third-order valence-electron chi connectivity index (χ3n) is 3.31. The van der Waals surface area contributed by atoms with Gasteiger partial charge in [0, 0.05) is 10.9 Å². The highest BCUT2D eigenvalue weighted by Crippen LogP contribution is 2.32. The average Bonchev–Trinajstić information content (AvgIpc) is 2.94. The lowest BCUT2D eigenvalue weighted by molar-refractivity contribution is 0.0861. The summed E-state index contributed by atoms with van der Waals surface area (Å²) in [5.41, 5.74) is 2.11. The fourth-order valence-corrected chi connectivity index (χ4v) is 3.86. The SMILES string of the molecule is O=C(N[C@H]1c2ccccc2C[C@H]1O)c1sccc1Br. The van der Waals surface area contributed by atoms with Crippen LogP contribution in [0.5, 0.6) is 0 Å². The van der Waals surface area contributed by atoms with Crippen molar-refractivity contribution in [2.24, 2.45) is 0 Å². The number of fused-ring (bicyclic) bond motifs is 1. The second kappa shape index (κ2) is 5.07. The van der Waals surface area contributed by atoms with Crippen LogP contribution in [-0.2, 0) is 6.42 Å². The van der Waals surface area contributed by atoms with E-state index in [2.05, 4.69) is 21.2 Å². The normalized spacial score (nSPS) is 21.2. The van der Waals surface area contributed by atoms with E-state index in [1.165, 1.54) is 11.3 Å². The van der Waals surface area contributed by atoms with Gasteiger partial charge in [-0.25, -0.2) is 0 Å². The molecule has 0 saturated heterocycles. The standard InChI is InChI=1S/C14H12BrNO2S/c15-10-5-6-19-13(10)14(18)16-12-9-4-2-1-3-8(9)7-11(12)17/h1-6,11-12,17H,7H2,(H,16,18)/t11-,12+/m1/s1. The van der Waals surface area contributed by atoms with E-state index in [0.29, 0.717) is 11.3 Å². The van der Waals surface area contributed by atoms with Crippen LogP contribution in [0.4, 0.5) is 0 Å². The van der Waals surface area contributed by atoms with Gasteiger partial charge in [-0.3, -0.25) is 4.79 Å². The number of nitrogens with one attached hydrogen (secondary N) is 1. The van der Waals surface area contributed by atoms with Crippen molar-refractivity contribution in [1.82, 2.24) is 5.32 Å². The first-order chi connectivity index (χ1) is 9.16. The number of carbonyl (C=O) groups excluding carboxylic acids is 1. The Morgan fingerprint density at radius 3 is 2.89 bits per heavy atom. The molecule has 0 spiro atoms. The molecule has 2 N–H and O–H groups in total. The predicted molar refractivity (Wildman–Crippen MR) is 78.4 cm³/mol. The average molecular weight is 338 g/mol. The van der Waals surface area contributed by atoms with Gasteiger partial charge in [-0.2, -0.15) is 0 Å². The highest BCUT2D eigenvalue weighted by Gasteiger charge is 2.32. The summed E-state index contributed by atoms with van der Waals surface area (Å²) < 4.78 is 0.788. The van der Waals surface area contributed by atoms with Crippen molar-refractivity contribution < 1.29 is 9.90 Å². The van der Waals surface area contributed by atoms with E-state index in [9.17, 15) is 9.90 Å². The van der Waals surface area contributed by atoms with Crippen molar-refractivity contribution >= 4 is 33.2 Å². The molecule has 0 saturated carbocycles. The van der Waals surface area contributed by atoms with Crippen LogP contribution in [0.3, 0.4) is 0 Å². The van der Waals surface area contributed by atoms with E-state index in [1.807, 2.05) is 35.7 Å². The van der Waals surface area contributed by atoms with Gasteiger partial charge in [0.25, 0.3) is 5.91 Å². The molecule has 1 aromatic heterocycles. The van der Waals surface area contributed by atoms with Crippen LogP contribution in [-0.4, -0.2) is 17.1 Å². The van der Waals surface area contributed by atoms with Crippen molar-refractivity contribution in [2.45, 2.75) is 18.6 Å². The zero-order valence-corrected chi connectivity index (χ0v) is 12.4. The maximum Gasteiger partial charge on any atom is 0.263 e. The molecule has 1 heterocycles. The van der Waals surface area contributed by atoms with Crippen molar-refractivity contribution in [3.63, 3.8) is 0 Å². The number of carbonyl (C=O) groups is 1. The maximum absolute atomic E-state index is 12.2. The number of amides is 1. The summed E-state index contributed by atoms with van der Waals surface area (Å²) in [4.78, 5) is 12.8. The van der Waals surface area contributed by atoms with Gasteiger partial charge in [-0.15, -0.1) is 11.3 Å². The first kappa shape index (κ1) is 12.8. The van der Waals surface area contributed by atoms with Gasteiger partial charge in [-0.1, -0.05) is 24.3 Å². The van der Waals surface area contributed by atoms with Crippen molar-refractivity contribution in [3.05, 3.63) is 56.2 Å². The predicted octanol–water partition coefficient (Wildman–Crippen LogP) is 2.90. The number of aliphatic hydroxyl groups excluding tert-OH is 1. The van der Waals surface area contributed by atoms with Gasteiger partial charge >= 0.3 is 0 Å². The summed E-state index contributed by atoms with van der Waals surface area (Å²) in [6.45, 7) is 0. The Labute approximate surface area is 123 Å². The number of aliphatic hydroxyl groups is 1. The molecule has 3 nitrogen and oxygen atoms in total. The van der Waals surface area contributed by atoms with Crippen LogP contribution in [0.1, 0.15) is 26.8 Å². The number of thiophene rings is 1. The largest absolute Gasteiger partial charge is 0.390 e. The topological polar surface area (TPSA) is 49.3 Å². The van der Waals surface area contributed by atoms with E-state index in [0.717, 1.165) is 15.6 Å². The minimum absolute atomic E-state index is 0.150. The molecule has 0 radical (unpaired) electrons. The lowest BCUT2D eigenvalue weighted by atomic mass is 10.1. The number of hydrogen-bond acceptors (Lipinski definition) is 3. The molecule has 2 atom stereocenters. The van der Waals surface area contributed by atoms with E-state index >= 15 is 0 Å². The molecule has 0 bridgehead atoms. The fraction of sp³-hybridized carbons (Fsp3) is 0.214. The van der Waals surface area contributed by atoms with E-state index in [-0.39, 0.29) is 11.9 Å². The third kappa shape index (κ3) is 2.33. The minimum Gasteiger partial charge on any atom is -0.390 e. The third-order valence-corrected chi connectivity index (χ3v) is 5.15. The number of halogens is 1. The number of benzene rings is 1. The van der Waals surface area contributed by atoms with E-state index < -0.39 is 6.10 Å². The Morgan fingerprint density at radius 2 is 2.16 bits per heavy atom. The Balaban J connectivity index is 1.84. The van der Waals surface area contributed by atoms with Crippen molar-refractivity contribution in [1.29, 1.82) is 0 Å². The smallest absolute Gasteiger partial charge is 0.263 e. The van der Waals surface area contributed by atoms with Crippen molar-refractivity contribution in [2.75, 3.05) is 0 Å².